The average molecular weight is 223 g/mol. The predicted octanol–water partition coefficient (Wildman–Crippen LogP) is 2.13. The number of ether oxygens (including phenoxy) is 1. The fourth-order valence-corrected chi connectivity index (χ4v) is 1.84. The molecule has 0 atom stereocenters. The van der Waals surface area contributed by atoms with E-state index in [1.165, 1.54) is 25.7 Å². The molecule has 1 N–H and O–H groups in total. The number of hydrogen-bond acceptors (Lipinski definition) is 3. The number of anilines is 1. The lowest BCUT2D eigenvalue weighted by atomic mass is 10.2. The SMILES string of the molecule is COCCn1ccnc1NCCCC1CC1. The Morgan fingerprint density at radius 2 is 2.44 bits per heavy atom. The minimum atomic E-state index is 0.729. The monoisotopic (exact) mass is 223 g/mol. The van der Waals surface area contributed by atoms with E-state index in [0.717, 1.165) is 31.6 Å². The van der Waals surface area contributed by atoms with Crippen LogP contribution < -0.4 is 5.32 Å². The van der Waals surface area contributed by atoms with Gasteiger partial charge in [0.25, 0.3) is 0 Å². The van der Waals surface area contributed by atoms with Crippen LogP contribution in [0.5, 0.6) is 0 Å². The van der Waals surface area contributed by atoms with Gasteiger partial charge >= 0.3 is 0 Å². The van der Waals surface area contributed by atoms with Crippen molar-refractivity contribution in [3.8, 4) is 0 Å². The van der Waals surface area contributed by atoms with Crippen LogP contribution in [0, 0.1) is 5.92 Å². The van der Waals surface area contributed by atoms with Gasteiger partial charge in [0, 0.05) is 32.6 Å². The van der Waals surface area contributed by atoms with Crippen molar-refractivity contribution in [2.24, 2.45) is 5.92 Å². The molecular weight excluding hydrogens is 202 g/mol. The second kappa shape index (κ2) is 5.89. The molecule has 2 rings (SSSR count). The van der Waals surface area contributed by atoms with Crippen LogP contribution in [0.15, 0.2) is 12.4 Å². The van der Waals surface area contributed by atoms with E-state index in [4.69, 9.17) is 4.74 Å². The fraction of sp³-hybridized carbons (Fsp3) is 0.750. The van der Waals surface area contributed by atoms with Crippen molar-refractivity contribution in [3.05, 3.63) is 12.4 Å². The largest absolute Gasteiger partial charge is 0.383 e. The van der Waals surface area contributed by atoms with Crippen molar-refractivity contribution in [3.63, 3.8) is 0 Å². The van der Waals surface area contributed by atoms with Crippen LogP contribution in [0.1, 0.15) is 25.7 Å². The maximum absolute atomic E-state index is 5.06. The van der Waals surface area contributed by atoms with E-state index in [1.807, 2.05) is 12.4 Å². The van der Waals surface area contributed by atoms with E-state index < -0.39 is 0 Å². The summed E-state index contributed by atoms with van der Waals surface area (Å²) in [4.78, 5) is 4.30. The van der Waals surface area contributed by atoms with Crippen molar-refractivity contribution in [1.82, 2.24) is 9.55 Å². The van der Waals surface area contributed by atoms with E-state index in [2.05, 4.69) is 14.9 Å². The first-order valence-corrected chi connectivity index (χ1v) is 6.14. The standard InChI is InChI=1S/C12H21N3O/c1-16-10-9-15-8-7-14-12(15)13-6-2-3-11-4-5-11/h7-8,11H,2-6,9-10H2,1H3,(H,13,14). The van der Waals surface area contributed by atoms with Gasteiger partial charge in [-0.2, -0.15) is 0 Å². The maximum Gasteiger partial charge on any atom is 0.202 e. The lowest BCUT2D eigenvalue weighted by molar-refractivity contribution is 0.187. The molecule has 1 fully saturated rings. The zero-order valence-electron chi connectivity index (χ0n) is 9.98. The van der Waals surface area contributed by atoms with Crippen LogP contribution in [0.25, 0.3) is 0 Å². The molecule has 0 aromatic carbocycles. The van der Waals surface area contributed by atoms with Crippen molar-refractivity contribution < 1.29 is 4.74 Å². The Hall–Kier alpha value is -1.03. The number of nitrogens with one attached hydrogen (secondary N) is 1. The Morgan fingerprint density at radius 1 is 1.56 bits per heavy atom. The molecule has 4 heteroatoms. The van der Waals surface area contributed by atoms with Crippen molar-refractivity contribution in [1.29, 1.82) is 0 Å². The minimum Gasteiger partial charge on any atom is -0.383 e. The molecule has 1 aliphatic rings. The second-order valence-electron chi connectivity index (χ2n) is 4.45. The van der Waals surface area contributed by atoms with Gasteiger partial charge in [-0.05, 0) is 18.8 Å². The van der Waals surface area contributed by atoms with Gasteiger partial charge in [-0.3, -0.25) is 0 Å². The summed E-state index contributed by atoms with van der Waals surface area (Å²) in [5, 5.41) is 3.38. The maximum atomic E-state index is 5.06. The summed E-state index contributed by atoms with van der Waals surface area (Å²) in [6.07, 6.45) is 9.33. The van der Waals surface area contributed by atoms with Gasteiger partial charge in [-0.1, -0.05) is 12.8 Å². The summed E-state index contributed by atoms with van der Waals surface area (Å²) in [7, 11) is 1.72. The van der Waals surface area contributed by atoms with Gasteiger partial charge < -0.3 is 14.6 Å². The first-order valence-electron chi connectivity index (χ1n) is 6.14. The molecule has 1 aromatic heterocycles. The number of rotatable bonds is 8. The van der Waals surface area contributed by atoms with E-state index in [-0.39, 0.29) is 0 Å². The summed E-state index contributed by atoms with van der Waals surface area (Å²) in [5.74, 6) is 1.99. The number of hydrogen-bond donors (Lipinski definition) is 1. The number of imidazole rings is 1. The lowest BCUT2D eigenvalue weighted by Gasteiger charge is -2.08. The van der Waals surface area contributed by atoms with Gasteiger partial charge in [-0.15, -0.1) is 0 Å². The first-order chi connectivity index (χ1) is 7.90. The third kappa shape index (κ3) is 3.52. The molecule has 16 heavy (non-hydrogen) atoms. The predicted molar refractivity (Wildman–Crippen MR) is 64.6 cm³/mol. The highest BCUT2D eigenvalue weighted by molar-refractivity contribution is 5.25. The highest BCUT2D eigenvalue weighted by Crippen LogP contribution is 2.33. The molecular formula is C12H21N3O. The third-order valence-electron chi connectivity index (χ3n) is 3.02. The summed E-state index contributed by atoms with van der Waals surface area (Å²) in [5.41, 5.74) is 0. The summed E-state index contributed by atoms with van der Waals surface area (Å²) < 4.78 is 7.16. The quantitative estimate of drug-likeness (QED) is 0.686. The molecule has 90 valence electrons. The molecule has 1 aliphatic carbocycles. The van der Waals surface area contributed by atoms with E-state index in [9.17, 15) is 0 Å². The van der Waals surface area contributed by atoms with Gasteiger partial charge in [0.1, 0.15) is 0 Å². The molecule has 1 saturated carbocycles. The van der Waals surface area contributed by atoms with Crippen LogP contribution in [-0.4, -0.2) is 29.8 Å². The Morgan fingerprint density at radius 3 is 3.19 bits per heavy atom. The zero-order chi connectivity index (χ0) is 11.2. The van der Waals surface area contributed by atoms with Gasteiger partial charge in [-0.25, -0.2) is 4.98 Å². The van der Waals surface area contributed by atoms with Gasteiger partial charge in [0.2, 0.25) is 5.95 Å². The minimum absolute atomic E-state index is 0.729. The van der Waals surface area contributed by atoms with E-state index >= 15 is 0 Å². The second-order valence-corrected chi connectivity index (χ2v) is 4.45. The first kappa shape index (κ1) is 11.5. The molecule has 0 aliphatic heterocycles. The highest BCUT2D eigenvalue weighted by atomic mass is 16.5. The molecule has 0 saturated heterocycles. The van der Waals surface area contributed by atoms with Crippen LogP contribution in [0.2, 0.25) is 0 Å². The Kier molecular flexibility index (Phi) is 4.22. The van der Waals surface area contributed by atoms with Crippen LogP contribution in [0.4, 0.5) is 5.95 Å². The van der Waals surface area contributed by atoms with Crippen molar-refractivity contribution in [2.75, 3.05) is 25.6 Å². The molecule has 0 spiro atoms. The smallest absolute Gasteiger partial charge is 0.202 e. The lowest BCUT2D eigenvalue weighted by Crippen LogP contribution is -2.11. The number of nitrogens with zero attached hydrogens (tertiary/aromatic N) is 2. The van der Waals surface area contributed by atoms with Crippen molar-refractivity contribution >= 4 is 5.95 Å². The molecule has 0 unspecified atom stereocenters. The summed E-state index contributed by atoms with van der Waals surface area (Å²) >= 11 is 0. The van der Waals surface area contributed by atoms with Gasteiger partial charge in [0.15, 0.2) is 0 Å². The van der Waals surface area contributed by atoms with E-state index in [1.54, 1.807) is 7.11 Å². The van der Waals surface area contributed by atoms with Crippen LogP contribution >= 0.6 is 0 Å². The van der Waals surface area contributed by atoms with Crippen molar-refractivity contribution in [2.45, 2.75) is 32.2 Å². The van der Waals surface area contributed by atoms with Crippen LogP contribution in [0.3, 0.4) is 0 Å². The number of methoxy groups -OCH3 is 1. The van der Waals surface area contributed by atoms with E-state index in [0.29, 0.717) is 0 Å². The normalized spacial score (nSPS) is 15.3. The molecule has 0 bridgehead atoms. The summed E-state index contributed by atoms with van der Waals surface area (Å²) in [6, 6.07) is 0. The van der Waals surface area contributed by atoms with Gasteiger partial charge in [0.05, 0.1) is 6.61 Å². The van der Waals surface area contributed by atoms with Crippen LogP contribution in [-0.2, 0) is 11.3 Å². The molecule has 4 nitrogen and oxygen atoms in total. The average Bonchev–Trinajstić information content (AvgIpc) is 3.01. The molecule has 1 heterocycles. The summed E-state index contributed by atoms with van der Waals surface area (Å²) in [6.45, 7) is 2.62. The topological polar surface area (TPSA) is 39.1 Å². The number of aromatic nitrogens is 2. The highest BCUT2D eigenvalue weighted by Gasteiger charge is 2.19. The molecule has 0 amide bonds. The zero-order valence-corrected chi connectivity index (χ0v) is 9.98. The fourth-order valence-electron chi connectivity index (χ4n) is 1.84. The Balaban J connectivity index is 1.67. The molecule has 1 aromatic rings. The Labute approximate surface area is 97.0 Å². The third-order valence-corrected chi connectivity index (χ3v) is 3.02. The molecule has 0 radical (unpaired) electrons. The Bertz CT molecular complexity index is 307.